The maximum absolute atomic E-state index is 10.1. The van der Waals surface area contributed by atoms with E-state index < -0.39 is 0 Å². The third kappa shape index (κ3) is 5.34. The molecular weight excluding hydrogens is 424 g/mol. The largest absolute Gasteiger partial charge is 0.353 e. The van der Waals surface area contributed by atoms with Crippen LogP contribution >= 0.6 is 23.1 Å². The highest BCUT2D eigenvalue weighted by atomic mass is 32.2. The van der Waals surface area contributed by atoms with Gasteiger partial charge in [-0.2, -0.15) is 5.26 Å². The van der Waals surface area contributed by atoms with Crippen molar-refractivity contribution in [2.45, 2.75) is 70.6 Å². The SMILES string of the molecule is CC(C)(C)[C@H]1CCc2nc(SCCO[C@@H]3CCCCO3)c(C#N)c(-c3cccs3)c2C1. The molecule has 1 aliphatic heterocycles. The van der Waals surface area contributed by atoms with Crippen LogP contribution < -0.4 is 0 Å². The zero-order valence-corrected chi connectivity index (χ0v) is 20.4. The van der Waals surface area contributed by atoms with Crippen molar-refractivity contribution in [3.63, 3.8) is 0 Å². The van der Waals surface area contributed by atoms with E-state index in [4.69, 9.17) is 14.5 Å². The third-order valence-corrected chi connectivity index (χ3v) is 8.23. The van der Waals surface area contributed by atoms with Crippen LogP contribution in [0.5, 0.6) is 0 Å². The fraction of sp³-hybridized carbons (Fsp3) is 0.600. The van der Waals surface area contributed by atoms with Crippen molar-refractivity contribution in [2.75, 3.05) is 19.0 Å². The number of hydrogen-bond acceptors (Lipinski definition) is 6. The van der Waals surface area contributed by atoms with Gasteiger partial charge in [0.1, 0.15) is 11.1 Å². The molecule has 0 saturated carbocycles. The Labute approximate surface area is 194 Å². The zero-order chi connectivity index (χ0) is 21.8. The number of aryl methyl sites for hydroxylation is 1. The summed E-state index contributed by atoms with van der Waals surface area (Å²) in [7, 11) is 0. The first-order valence-corrected chi connectivity index (χ1v) is 13.2. The Morgan fingerprint density at radius 2 is 2.19 bits per heavy atom. The molecule has 4 nitrogen and oxygen atoms in total. The van der Waals surface area contributed by atoms with Crippen LogP contribution in [0.3, 0.4) is 0 Å². The van der Waals surface area contributed by atoms with E-state index in [1.54, 1.807) is 23.1 Å². The minimum atomic E-state index is -0.0720. The Balaban J connectivity index is 1.58. The highest BCUT2D eigenvalue weighted by molar-refractivity contribution is 7.99. The van der Waals surface area contributed by atoms with E-state index in [2.05, 4.69) is 44.4 Å². The molecule has 6 heteroatoms. The summed E-state index contributed by atoms with van der Waals surface area (Å²) in [5, 5.41) is 13.1. The van der Waals surface area contributed by atoms with Crippen LogP contribution in [0.4, 0.5) is 0 Å². The van der Waals surface area contributed by atoms with E-state index in [1.807, 2.05) is 0 Å². The lowest BCUT2D eigenvalue weighted by atomic mass is 9.70. The molecule has 1 aliphatic carbocycles. The summed E-state index contributed by atoms with van der Waals surface area (Å²) in [5.74, 6) is 1.38. The van der Waals surface area contributed by atoms with E-state index in [0.29, 0.717) is 12.5 Å². The second kappa shape index (κ2) is 10.0. The summed E-state index contributed by atoms with van der Waals surface area (Å²) in [6, 6.07) is 6.72. The highest BCUT2D eigenvalue weighted by Gasteiger charge is 2.33. The predicted octanol–water partition coefficient (Wildman–Crippen LogP) is 6.47. The van der Waals surface area contributed by atoms with E-state index in [9.17, 15) is 5.26 Å². The maximum Gasteiger partial charge on any atom is 0.157 e. The molecule has 2 aromatic heterocycles. The predicted molar refractivity (Wildman–Crippen MR) is 128 cm³/mol. The fourth-order valence-electron chi connectivity index (χ4n) is 4.53. The number of hydrogen-bond donors (Lipinski definition) is 0. The molecule has 2 aromatic rings. The summed E-state index contributed by atoms with van der Waals surface area (Å²) in [6.07, 6.45) is 6.34. The first-order valence-electron chi connectivity index (χ1n) is 11.3. The fourth-order valence-corrected chi connectivity index (χ4v) is 6.18. The number of ether oxygens (including phenoxy) is 2. The van der Waals surface area contributed by atoms with Gasteiger partial charge in [-0.1, -0.05) is 26.8 Å². The molecule has 1 fully saturated rings. The average molecular weight is 457 g/mol. The van der Waals surface area contributed by atoms with Crippen LogP contribution in [0, 0.1) is 22.7 Å². The topological polar surface area (TPSA) is 55.1 Å². The van der Waals surface area contributed by atoms with Gasteiger partial charge < -0.3 is 9.47 Å². The Morgan fingerprint density at radius 1 is 1.32 bits per heavy atom. The zero-order valence-electron chi connectivity index (χ0n) is 18.8. The monoisotopic (exact) mass is 456 g/mol. The van der Waals surface area contributed by atoms with E-state index in [-0.39, 0.29) is 11.7 Å². The lowest BCUT2D eigenvalue weighted by Gasteiger charge is -2.35. The van der Waals surface area contributed by atoms with Gasteiger partial charge in [0.2, 0.25) is 0 Å². The molecule has 31 heavy (non-hydrogen) atoms. The van der Waals surface area contributed by atoms with Crippen molar-refractivity contribution in [1.29, 1.82) is 5.26 Å². The second-order valence-electron chi connectivity index (χ2n) is 9.50. The first kappa shape index (κ1) is 22.8. The first-order chi connectivity index (χ1) is 15.0. The Bertz CT molecular complexity index is 922. The Morgan fingerprint density at radius 3 is 2.87 bits per heavy atom. The van der Waals surface area contributed by atoms with E-state index in [0.717, 1.165) is 60.6 Å². The van der Waals surface area contributed by atoms with Gasteiger partial charge in [-0.25, -0.2) is 4.98 Å². The van der Waals surface area contributed by atoms with Crippen molar-refractivity contribution in [3.8, 4) is 16.5 Å². The highest BCUT2D eigenvalue weighted by Crippen LogP contribution is 2.44. The minimum Gasteiger partial charge on any atom is -0.353 e. The summed E-state index contributed by atoms with van der Waals surface area (Å²) in [4.78, 5) is 6.19. The standard InChI is InChI=1S/C25H32N2O2S2/c1-25(2,3)17-9-10-20-18(15-17)23(21-7-6-13-30-21)19(16-26)24(27-20)31-14-12-29-22-8-4-5-11-28-22/h6-7,13,17,22H,4-5,8-12,14-15H2,1-3H3/t17-,22+/m0/s1. The molecule has 0 unspecified atom stereocenters. The molecule has 166 valence electrons. The number of thiophene rings is 1. The third-order valence-electron chi connectivity index (χ3n) is 6.40. The van der Waals surface area contributed by atoms with E-state index >= 15 is 0 Å². The molecular formula is C25H32N2O2S2. The van der Waals surface area contributed by atoms with Crippen LogP contribution in [0.2, 0.25) is 0 Å². The van der Waals surface area contributed by atoms with Crippen molar-refractivity contribution in [2.24, 2.45) is 11.3 Å². The molecule has 3 heterocycles. The molecule has 2 aliphatic rings. The number of nitriles is 1. The van der Waals surface area contributed by atoms with Crippen LogP contribution in [-0.4, -0.2) is 30.2 Å². The lowest BCUT2D eigenvalue weighted by molar-refractivity contribution is -0.158. The van der Waals surface area contributed by atoms with Crippen molar-refractivity contribution in [1.82, 2.24) is 4.98 Å². The number of aromatic nitrogens is 1. The van der Waals surface area contributed by atoms with Gasteiger partial charge in [-0.3, -0.25) is 0 Å². The van der Waals surface area contributed by atoms with Crippen molar-refractivity contribution < 1.29 is 9.47 Å². The summed E-state index contributed by atoms with van der Waals surface area (Å²) in [5.41, 5.74) is 4.58. The second-order valence-corrected chi connectivity index (χ2v) is 11.5. The summed E-state index contributed by atoms with van der Waals surface area (Å²) in [6.45, 7) is 8.38. The minimum absolute atomic E-state index is 0.0720. The Kier molecular flexibility index (Phi) is 7.38. The van der Waals surface area contributed by atoms with Gasteiger partial charge in [-0.15, -0.1) is 23.1 Å². The van der Waals surface area contributed by atoms with Gasteiger partial charge in [0.25, 0.3) is 0 Å². The number of thioether (sulfide) groups is 1. The molecule has 0 bridgehead atoms. The molecule has 1 saturated heterocycles. The number of fused-ring (bicyclic) bond motifs is 1. The molecule has 0 radical (unpaired) electrons. The van der Waals surface area contributed by atoms with Gasteiger partial charge in [-0.05, 0) is 66.9 Å². The molecule has 0 spiro atoms. The number of rotatable bonds is 6. The molecule has 4 rings (SSSR count). The smallest absolute Gasteiger partial charge is 0.157 e. The van der Waals surface area contributed by atoms with E-state index in [1.165, 1.54) is 22.6 Å². The van der Waals surface area contributed by atoms with Gasteiger partial charge in [0.05, 0.1) is 12.2 Å². The summed E-state index contributed by atoms with van der Waals surface area (Å²) < 4.78 is 11.6. The Hall–Kier alpha value is -1.39. The van der Waals surface area contributed by atoms with Crippen LogP contribution in [-0.2, 0) is 22.3 Å². The normalized spacial score (nSPS) is 21.5. The van der Waals surface area contributed by atoms with Gasteiger partial charge >= 0.3 is 0 Å². The van der Waals surface area contributed by atoms with Crippen LogP contribution in [0.15, 0.2) is 22.5 Å². The van der Waals surface area contributed by atoms with Crippen LogP contribution in [0.25, 0.3) is 10.4 Å². The molecule has 0 amide bonds. The van der Waals surface area contributed by atoms with Crippen molar-refractivity contribution in [3.05, 3.63) is 34.3 Å². The average Bonchev–Trinajstić information content (AvgIpc) is 3.30. The molecule has 0 aromatic carbocycles. The quantitative estimate of drug-likeness (QED) is 0.368. The van der Waals surface area contributed by atoms with Gasteiger partial charge in [0, 0.05) is 28.5 Å². The van der Waals surface area contributed by atoms with Gasteiger partial charge in [0.15, 0.2) is 6.29 Å². The van der Waals surface area contributed by atoms with Crippen LogP contribution in [0.1, 0.15) is 63.3 Å². The maximum atomic E-state index is 10.1. The number of nitrogens with zero attached hydrogens (tertiary/aromatic N) is 2. The number of pyridine rings is 1. The molecule has 0 N–H and O–H groups in total. The molecule has 2 atom stereocenters. The summed E-state index contributed by atoms with van der Waals surface area (Å²) >= 11 is 3.35. The lowest BCUT2D eigenvalue weighted by Crippen LogP contribution is -2.28. The van der Waals surface area contributed by atoms with Crippen molar-refractivity contribution >= 4 is 23.1 Å².